The molecule has 0 aliphatic carbocycles. The van der Waals surface area contributed by atoms with Crippen LogP contribution in [0.2, 0.25) is 0 Å². The minimum atomic E-state index is 0.595. The summed E-state index contributed by atoms with van der Waals surface area (Å²) in [5, 5.41) is 1.03. The van der Waals surface area contributed by atoms with E-state index in [0.717, 1.165) is 30.3 Å². The Morgan fingerprint density at radius 1 is 1.60 bits per heavy atom. The Morgan fingerprint density at radius 3 is 3.07 bits per heavy atom. The van der Waals surface area contributed by atoms with Crippen molar-refractivity contribution in [1.82, 2.24) is 9.55 Å². The van der Waals surface area contributed by atoms with Gasteiger partial charge in [0.1, 0.15) is 0 Å². The summed E-state index contributed by atoms with van der Waals surface area (Å²) < 4.78 is 2.22. The number of rotatable bonds is 3. The number of nitrogens with zero attached hydrogens (tertiary/aromatic N) is 3. The molecule has 0 saturated carbocycles. The third-order valence-electron chi connectivity index (χ3n) is 3.33. The zero-order valence-corrected chi connectivity index (χ0v) is 10.9. The number of hydrogen-bond donors (Lipinski definition) is 0. The monoisotopic (exact) mass is 271 g/mol. The molecule has 0 spiro atoms. The van der Waals surface area contributed by atoms with Crippen LogP contribution in [0, 0.1) is 5.92 Å². The largest absolute Gasteiger partial charge is 0.338 e. The number of halogens is 1. The quantitative estimate of drug-likeness (QED) is 0.788. The molecular weight excluding hydrogens is 254 g/mol. The van der Waals surface area contributed by atoms with E-state index in [-0.39, 0.29) is 0 Å². The number of alkyl halides is 1. The first-order valence-corrected chi connectivity index (χ1v) is 6.73. The van der Waals surface area contributed by atoms with Crippen molar-refractivity contribution in [2.75, 3.05) is 16.8 Å². The Balaban J connectivity index is 2.23. The van der Waals surface area contributed by atoms with Gasteiger partial charge in [0.25, 0.3) is 0 Å². The van der Waals surface area contributed by atoms with E-state index in [2.05, 4.69) is 50.4 Å². The fraction of sp³-hybridized carbons (Fsp3) is 0.727. The lowest BCUT2D eigenvalue weighted by Crippen LogP contribution is -2.35. The van der Waals surface area contributed by atoms with E-state index in [1.165, 1.54) is 6.42 Å². The second kappa shape index (κ2) is 4.56. The molecule has 0 amide bonds. The first-order chi connectivity index (χ1) is 7.27. The Morgan fingerprint density at radius 2 is 2.40 bits per heavy atom. The molecule has 0 bridgehead atoms. The van der Waals surface area contributed by atoms with Gasteiger partial charge in [-0.3, -0.25) is 0 Å². The average molecular weight is 272 g/mol. The van der Waals surface area contributed by atoms with Crippen molar-refractivity contribution in [3.63, 3.8) is 0 Å². The van der Waals surface area contributed by atoms with Crippen LogP contribution in [0.1, 0.15) is 20.3 Å². The van der Waals surface area contributed by atoms with Crippen molar-refractivity contribution in [3.8, 4) is 0 Å². The van der Waals surface area contributed by atoms with Crippen LogP contribution in [0.15, 0.2) is 12.4 Å². The van der Waals surface area contributed by atoms with E-state index in [0.29, 0.717) is 6.04 Å². The van der Waals surface area contributed by atoms with Crippen molar-refractivity contribution in [2.45, 2.75) is 32.9 Å². The van der Waals surface area contributed by atoms with Crippen LogP contribution in [-0.4, -0.2) is 27.5 Å². The second-order valence-corrected chi connectivity index (χ2v) is 4.84. The van der Waals surface area contributed by atoms with Gasteiger partial charge in [0.05, 0.1) is 0 Å². The minimum Gasteiger partial charge on any atom is -0.338 e. The first-order valence-electron chi connectivity index (χ1n) is 5.61. The van der Waals surface area contributed by atoms with Crippen LogP contribution in [0.25, 0.3) is 0 Å². The van der Waals surface area contributed by atoms with E-state index in [1.807, 2.05) is 6.20 Å². The van der Waals surface area contributed by atoms with Gasteiger partial charge in [-0.2, -0.15) is 0 Å². The normalized spacial score (nSPS) is 26.2. The highest BCUT2D eigenvalue weighted by molar-refractivity contribution is 9.09. The molecule has 4 heteroatoms. The lowest BCUT2D eigenvalue weighted by atomic mass is 10.1. The van der Waals surface area contributed by atoms with Crippen LogP contribution >= 0.6 is 15.9 Å². The molecule has 2 rings (SSSR count). The third-order valence-corrected chi connectivity index (χ3v) is 4.00. The lowest BCUT2D eigenvalue weighted by molar-refractivity contribution is 0.546. The van der Waals surface area contributed by atoms with E-state index in [4.69, 9.17) is 0 Å². The zero-order chi connectivity index (χ0) is 10.8. The minimum absolute atomic E-state index is 0.595. The smallest absolute Gasteiger partial charge is 0.205 e. The van der Waals surface area contributed by atoms with Crippen LogP contribution in [0.4, 0.5) is 5.95 Å². The molecule has 1 fully saturated rings. The molecule has 2 unspecified atom stereocenters. The van der Waals surface area contributed by atoms with Gasteiger partial charge in [-0.25, -0.2) is 4.98 Å². The van der Waals surface area contributed by atoms with Crippen molar-refractivity contribution in [3.05, 3.63) is 12.4 Å². The van der Waals surface area contributed by atoms with E-state index in [9.17, 15) is 0 Å². The van der Waals surface area contributed by atoms with E-state index in [1.54, 1.807) is 0 Å². The van der Waals surface area contributed by atoms with Crippen LogP contribution in [0.3, 0.4) is 0 Å². The Bertz CT molecular complexity index is 323. The number of anilines is 1. The summed E-state index contributed by atoms with van der Waals surface area (Å²) in [7, 11) is 0. The highest BCUT2D eigenvalue weighted by Gasteiger charge is 2.32. The highest BCUT2D eigenvalue weighted by atomic mass is 79.9. The van der Waals surface area contributed by atoms with Crippen molar-refractivity contribution in [2.24, 2.45) is 5.92 Å². The molecule has 2 heterocycles. The Labute approximate surface area is 99.6 Å². The van der Waals surface area contributed by atoms with Crippen LogP contribution in [-0.2, 0) is 6.54 Å². The van der Waals surface area contributed by atoms with Gasteiger partial charge < -0.3 is 9.47 Å². The van der Waals surface area contributed by atoms with Gasteiger partial charge >= 0.3 is 0 Å². The van der Waals surface area contributed by atoms with E-state index < -0.39 is 0 Å². The summed E-state index contributed by atoms with van der Waals surface area (Å²) in [5.74, 6) is 1.89. The van der Waals surface area contributed by atoms with Gasteiger partial charge in [-0.1, -0.05) is 22.9 Å². The van der Waals surface area contributed by atoms with Gasteiger partial charge in [0, 0.05) is 36.9 Å². The summed E-state index contributed by atoms with van der Waals surface area (Å²) >= 11 is 3.61. The summed E-state index contributed by atoms with van der Waals surface area (Å²) in [6, 6.07) is 0.595. The highest BCUT2D eigenvalue weighted by Crippen LogP contribution is 2.29. The topological polar surface area (TPSA) is 21.1 Å². The molecule has 2 atom stereocenters. The molecule has 1 aliphatic heterocycles. The second-order valence-electron chi connectivity index (χ2n) is 4.19. The predicted octanol–water partition coefficient (Wildman–Crippen LogP) is 2.51. The average Bonchev–Trinajstić information content (AvgIpc) is 2.82. The van der Waals surface area contributed by atoms with Gasteiger partial charge in [0.15, 0.2) is 0 Å². The number of imidazole rings is 1. The number of aromatic nitrogens is 2. The molecule has 1 aromatic rings. The molecular formula is C11H18BrN3. The van der Waals surface area contributed by atoms with Gasteiger partial charge in [-0.05, 0) is 19.3 Å². The van der Waals surface area contributed by atoms with Crippen LogP contribution < -0.4 is 4.90 Å². The van der Waals surface area contributed by atoms with Crippen molar-refractivity contribution in [1.29, 1.82) is 0 Å². The predicted molar refractivity (Wildman–Crippen MR) is 66.6 cm³/mol. The standard InChI is InChI=1S/C11H18BrN3/c1-3-14-7-5-13-11(14)15-6-4-9(2)10(15)8-12/h5,7,9-10H,3-4,6,8H2,1-2H3. The van der Waals surface area contributed by atoms with Gasteiger partial charge in [-0.15, -0.1) is 0 Å². The summed E-state index contributed by atoms with van der Waals surface area (Å²) in [5.41, 5.74) is 0. The first kappa shape index (κ1) is 11.0. The molecule has 84 valence electrons. The third kappa shape index (κ3) is 1.92. The SMILES string of the molecule is CCn1ccnc1N1CCC(C)C1CBr. The zero-order valence-electron chi connectivity index (χ0n) is 9.36. The maximum atomic E-state index is 4.47. The molecule has 15 heavy (non-hydrogen) atoms. The van der Waals surface area contributed by atoms with Crippen LogP contribution in [0.5, 0.6) is 0 Å². The molecule has 0 radical (unpaired) electrons. The summed E-state index contributed by atoms with van der Waals surface area (Å²) in [6.07, 6.45) is 5.23. The fourth-order valence-corrected chi connectivity index (χ4v) is 3.29. The molecule has 1 aromatic heterocycles. The fourth-order valence-electron chi connectivity index (χ4n) is 2.30. The maximum absolute atomic E-state index is 4.47. The molecule has 1 saturated heterocycles. The molecule has 3 nitrogen and oxygen atoms in total. The number of hydrogen-bond acceptors (Lipinski definition) is 2. The lowest BCUT2D eigenvalue weighted by Gasteiger charge is -2.26. The summed E-state index contributed by atoms with van der Waals surface area (Å²) in [6.45, 7) is 6.61. The van der Waals surface area contributed by atoms with Crippen molar-refractivity contribution < 1.29 is 0 Å². The van der Waals surface area contributed by atoms with Crippen molar-refractivity contribution >= 4 is 21.9 Å². The summed E-state index contributed by atoms with van der Waals surface area (Å²) in [4.78, 5) is 6.90. The number of aryl methyl sites for hydroxylation is 1. The maximum Gasteiger partial charge on any atom is 0.205 e. The molecule has 0 aromatic carbocycles. The van der Waals surface area contributed by atoms with E-state index >= 15 is 0 Å². The molecule has 0 N–H and O–H groups in total. The van der Waals surface area contributed by atoms with Gasteiger partial charge in [0.2, 0.25) is 5.95 Å². The molecule has 1 aliphatic rings. The Hall–Kier alpha value is -0.510. The Kier molecular flexibility index (Phi) is 3.34.